The number of carbonyl (C=O) groups is 1. The Morgan fingerprint density at radius 1 is 1.32 bits per heavy atom. The first kappa shape index (κ1) is 18.7. The minimum atomic E-state index is -0.171. The molecule has 0 spiro atoms. The average Bonchev–Trinajstić information content (AvgIpc) is 3.04. The predicted octanol–water partition coefficient (Wildman–Crippen LogP) is 3.39. The van der Waals surface area contributed by atoms with Gasteiger partial charge in [0.2, 0.25) is 0 Å². The van der Waals surface area contributed by atoms with Crippen LogP contribution in [0.2, 0.25) is 5.02 Å². The van der Waals surface area contributed by atoms with Gasteiger partial charge in [0.15, 0.2) is 0 Å². The van der Waals surface area contributed by atoms with Crippen LogP contribution in [0.5, 0.6) is 0 Å². The number of hydrogen-bond acceptors (Lipinski definition) is 4. The molecule has 1 atom stereocenters. The molecule has 1 aliphatic rings. The highest BCUT2D eigenvalue weighted by atomic mass is 35.5. The minimum absolute atomic E-state index is 0.119. The third-order valence-electron chi connectivity index (χ3n) is 5.23. The molecule has 1 aliphatic heterocycles. The van der Waals surface area contributed by atoms with Crippen molar-refractivity contribution in [2.75, 3.05) is 6.54 Å². The lowest BCUT2D eigenvalue weighted by Crippen LogP contribution is -2.39. The van der Waals surface area contributed by atoms with E-state index in [9.17, 15) is 9.90 Å². The summed E-state index contributed by atoms with van der Waals surface area (Å²) in [5.41, 5.74) is 5.12. The maximum atomic E-state index is 13.0. The molecule has 6 nitrogen and oxygen atoms in total. The van der Waals surface area contributed by atoms with E-state index in [0.717, 1.165) is 22.5 Å². The molecule has 0 radical (unpaired) electrons. The van der Waals surface area contributed by atoms with Crippen molar-refractivity contribution < 1.29 is 9.90 Å². The van der Waals surface area contributed by atoms with E-state index in [2.05, 4.69) is 4.98 Å². The summed E-state index contributed by atoms with van der Waals surface area (Å²) in [6.07, 6.45) is 2.26. The first-order valence-electron chi connectivity index (χ1n) is 9.18. The molecule has 3 aromatic rings. The largest absolute Gasteiger partial charge is 0.392 e. The van der Waals surface area contributed by atoms with Crippen molar-refractivity contribution in [3.8, 4) is 11.3 Å². The molecule has 0 saturated carbocycles. The van der Waals surface area contributed by atoms with Crippen LogP contribution in [0.3, 0.4) is 0 Å². The van der Waals surface area contributed by atoms with Crippen molar-refractivity contribution in [1.29, 1.82) is 0 Å². The van der Waals surface area contributed by atoms with E-state index in [1.807, 2.05) is 42.9 Å². The molecule has 2 aromatic heterocycles. The SMILES string of the molecule is C[C@H]1c2nn(C)c(-c3cccc(Cl)c3)c2CCN1C(=O)c1cc(CO)ccn1. The molecule has 7 heteroatoms. The van der Waals surface area contributed by atoms with Gasteiger partial charge in [-0.15, -0.1) is 0 Å². The highest BCUT2D eigenvalue weighted by Crippen LogP contribution is 2.36. The van der Waals surface area contributed by atoms with Crippen LogP contribution >= 0.6 is 11.6 Å². The van der Waals surface area contributed by atoms with E-state index >= 15 is 0 Å². The molecule has 0 saturated heterocycles. The number of nitrogens with zero attached hydrogens (tertiary/aromatic N) is 4. The molecule has 4 rings (SSSR count). The summed E-state index contributed by atoms with van der Waals surface area (Å²) in [6.45, 7) is 2.45. The number of amides is 1. The second kappa shape index (κ2) is 7.37. The highest BCUT2D eigenvalue weighted by Gasteiger charge is 2.33. The zero-order valence-corrected chi connectivity index (χ0v) is 16.5. The number of aliphatic hydroxyl groups excluding tert-OH is 1. The van der Waals surface area contributed by atoms with E-state index < -0.39 is 0 Å². The van der Waals surface area contributed by atoms with Gasteiger partial charge < -0.3 is 10.0 Å². The molecule has 0 aliphatic carbocycles. The minimum Gasteiger partial charge on any atom is -0.392 e. The number of rotatable bonds is 3. The molecule has 1 aromatic carbocycles. The molecule has 3 heterocycles. The lowest BCUT2D eigenvalue weighted by molar-refractivity contribution is 0.0667. The fraction of sp³-hybridized carbons (Fsp3) is 0.286. The molecule has 1 amide bonds. The maximum Gasteiger partial charge on any atom is 0.273 e. The fourth-order valence-corrected chi connectivity index (χ4v) is 4.05. The molecule has 28 heavy (non-hydrogen) atoms. The Kier molecular flexibility index (Phi) is 4.91. The van der Waals surface area contributed by atoms with Crippen LogP contribution in [0.1, 0.15) is 40.3 Å². The number of hydrogen-bond donors (Lipinski definition) is 1. The zero-order valence-electron chi connectivity index (χ0n) is 15.8. The Labute approximate surface area is 168 Å². The Morgan fingerprint density at radius 3 is 2.89 bits per heavy atom. The van der Waals surface area contributed by atoms with Crippen molar-refractivity contribution in [1.82, 2.24) is 19.7 Å². The average molecular weight is 397 g/mol. The van der Waals surface area contributed by atoms with Gasteiger partial charge in [-0.05, 0) is 43.2 Å². The van der Waals surface area contributed by atoms with Crippen molar-refractivity contribution in [3.63, 3.8) is 0 Å². The van der Waals surface area contributed by atoms with Gasteiger partial charge in [0.1, 0.15) is 5.69 Å². The van der Waals surface area contributed by atoms with E-state index in [0.29, 0.717) is 29.2 Å². The monoisotopic (exact) mass is 396 g/mol. The van der Waals surface area contributed by atoms with Crippen LogP contribution in [0, 0.1) is 0 Å². The number of aromatic nitrogens is 3. The van der Waals surface area contributed by atoms with E-state index in [4.69, 9.17) is 16.7 Å². The summed E-state index contributed by atoms with van der Waals surface area (Å²) in [6, 6.07) is 10.9. The van der Waals surface area contributed by atoms with Crippen molar-refractivity contribution in [3.05, 3.63) is 70.1 Å². The molecule has 0 unspecified atom stereocenters. The predicted molar refractivity (Wildman–Crippen MR) is 107 cm³/mol. The van der Waals surface area contributed by atoms with Crippen LogP contribution in [0.4, 0.5) is 0 Å². The number of aliphatic hydroxyl groups is 1. The van der Waals surface area contributed by atoms with Crippen molar-refractivity contribution in [2.24, 2.45) is 7.05 Å². The van der Waals surface area contributed by atoms with Gasteiger partial charge in [0.05, 0.1) is 24.0 Å². The van der Waals surface area contributed by atoms with Crippen LogP contribution < -0.4 is 0 Å². The third kappa shape index (κ3) is 3.19. The van der Waals surface area contributed by atoms with Crippen LogP contribution in [-0.4, -0.2) is 37.2 Å². The van der Waals surface area contributed by atoms with E-state index in [-0.39, 0.29) is 18.6 Å². The highest BCUT2D eigenvalue weighted by molar-refractivity contribution is 6.30. The van der Waals surface area contributed by atoms with Crippen molar-refractivity contribution in [2.45, 2.75) is 26.0 Å². The van der Waals surface area contributed by atoms with Gasteiger partial charge in [-0.3, -0.25) is 14.5 Å². The molecule has 1 N–H and O–H groups in total. The van der Waals surface area contributed by atoms with Gasteiger partial charge in [-0.1, -0.05) is 23.7 Å². The quantitative estimate of drug-likeness (QED) is 0.736. The summed E-state index contributed by atoms with van der Waals surface area (Å²) in [4.78, 5) is 19.0. The summed E-state index contributed by atoms with van der Waals surface area (Å²) in [7, 11) is 1.92. The van der Waals surface area contributed by atoms with Gasteiger partial charge in [-0.2, -0.15) is 5.10 Å². The Bertz CT molecular complexity index is 1050. The molecule has 144 valence electrons. The molecule has 0 fully saturated rings. The number of benzene rings is 1. The van der Waals surface area contributed by atoms with Crippen LogP contribution in [0.25, 0.3) is 11.3 Å². The van der Waals surface area contributed by atoms with Gasteiger partial charge in [0, 0.05) is 35.9 Å². The molecule has 0 bridgehead atoms. The standard InChI is InChI=1S/C21H21ClN4O2/c1-13-19-17(20(25(2)24-19)15-4-3-5-16(22)11-15)7-9-26(13)21(28)18-10-14(12-27)6-8-23-18/h3-6,8,10-11,13,27H,7,9,12H2,1-2H3/t13-/m0/s1. The number of aryl methyl sites for hydroxylation is 1. The molecular formula is C21H21ClN4O2. The van der Waals surface area contributed by atoms with Gasteiger partial charge >= 0.3 is 0 Å². The lowest BCUT2D eigenvalue weighted by atomic mass is 9.95. The molecular weight excluding hydrogens is 376 g/mol. The second-order valence-electron chi connectivity index (χ2n) is 6.98. The van der Waals surface area contributed by atoms with Crippen LogP contribution in [-0.2, 0) is 20.1 Å². The third-order valence-corrected chi connectivity index (χ3v) is 5.46. The maximum absolute atomic E-state index is 13.0. The first-order valence-corrected chi connectivity index (χ1v) is 9.56. The summed E-state index contributed by atoms with van der Waals surface area (Å²) in [5, 5.41) is 14.7. The smallest absolute Gasteiger partial charge is 0.273 e. The number of fused-ring (bicyclic) bond motifs is 1. The van der Waals surface area contributed by atoms with Crippen molar-refractivity contribution >= 4 is 17.5 Å². The second-order valence-corrected chi connectivity index (χ2v) is 7.41. The first-order chi connectivity index (χ1) is 13.5. The van der Waals surface area contributed by atoms with Gasteiger partial charge in [0.25, 0.3) is 5.91 Å². The van der Waals surface area contributed by atoms with Gasteiger partial charge in [-0.25, -0.2) is 0 Å². The Hall–Kier alpha value is -2.70. The summed E-state index contributed by atoms with van der Waals surface area (Å²) in [5.74, 6) is -0.150. The Morgan fingerprint density at radius 2 is 2.14 bits per heavy atom. The van der Waals surface area contributed by atoms with E-state index in [1.165, 1.54) is 0 Å². The summed E-state index contributed by atoms with van der Waals surface area (Å²) >= 11 is 6.18. The normalized spacial score (nSPS) is 16.1. The number of pyridine rings is 1. The topological polar surface area (TPSA) is 71.2 Å². The summed E-state index contributed by atoms with van der Waals surface area (Å²) < 4.78 is 1.87. The lowest BCUT2D eigenvalue weighted by Gasteiger charge is -2.32. The number of halogens is 1. The fourth-order valence-electron chi connectivity index (χ4n) is 3.86. The Balaban J connectivity index is 1.68. The van der Waals surface area contributed by atoms with Crippen LogP contribution in [0.15, 0.2) is 42.6 Å². The number of carbonyl (C=O) groups excluding carboxylic acids is 1. The van der Waals surface area contributed by atoms with E-state index in [1.54, 1.807) is 23.2 Å². The zero-order chi connectivity index (χ0) is 19.8.